The van der Waals surface area contributed by atoms with E-state index < -0.39 is 11.5 Å². The highest BCUT2D eigenvalue weighted by Crippen LogP contribution is 2.33. The van der Waals surface area contributed by atoms with E-state index in [4.69, 9.17) is 10.8 Å². The van der Waals surface area contributed by atoms with Crippen LogP contribution < -0.4 is 5.73 Å². The number of hydrogen-bond donors (Lipinski definition) is 2. The van der Waals surface area contributed by atoms with Gasteiger partial charge in [0.25, 0.3) is 0 Å². The molecule has 0 spiro atoms. The summed E-state index contributed by atoms with van der Waals surface area (Å²) in [5.41, 5.74) is 5.47. The van der Waals surface area contributed by atoms with E-state index >= 15 is 0 Å². The molecule has 2 fully saturated rings. The summed E-state index contributed by atoms with van der Waals surface area (Å²) in [5.74, 6) is -0.281. The van der Waals surface area contributed by atoms with Crippen LogP contribution in [0.15, 0.2) is 0 Å². The molecule has 0 aromatic heterocycles. The molecule has 3 N–H and O–H groups in total. The van der Waals surface area contributed by atoms with Gasteiger partial charge < -0.3 is 15.7 Å². The van der Waals surface area contributed by atoms with Gasteiger partial charge >= 0.3 is 5.97 Å². The highest BCUT2D eigenvalue weighted by molar-refractivity contribution is 5.87. The van der Waals surface area contributed by atoms with Gasteiger partial charge in [0, 0.05) is 19.5 Å². The lowest BCUT2D eigenvalue weighted by Gasteiger charge is -2.43. The molecule has 19 heavy (non-hydrogen) atoms. The van der Waals surface area contributed by atoms with Crippen LogP contribution in [0.5, 0.6) is 0 Å². The number of amides is 1. The SMILES string of the molecule is CC(CC(=O)O)C1CCCN(C(=O)C2(N)CCC2)C1. The Bertz CT molecular complexity index is 366. The summed E-state index contributed by atoms with van der Waals surface area (Å²) in [7, 11) is 0. The average Bonchev–Trinajstić information content (AvgIpc) is 2.34. The second kappa shape index (κ2) is 5.49. The smallest absolute Gasteiger partial charge is 0.303 e. The van der Waals surface area contributed by atoms with Gasteiger partial charge in [0.1, 0.15) is 0 Å². The van der Waals surface area contributed by atoms with Crippen LogP contribution in [0.3, 0.4) is 0 Å². The number of piperidine rings is 1. The zero-order chi connectivity index (χ0) is 14.0. The molecule has 1 amide bonds. The fraction of sp³-hybridized carbons (Fsp3) is 0.857. The molecule has 108 valence electrons. The maximum Gasteiger partial charge on any atom is 0.303 e. The zero-order valence-electron chi connectivity index (χ0n) is 11.6. The van der Waals surface area contributed by atoms with Crippen molar-refractivity contribution in [3.05, 3.63) is 0 Å². The lowest BCUT2D eigenvalue weighted by Crippen LogP contribution is -2.61. The molecule has 1 aliphatic heterocycles. The number of rotatable bonds is 4. The lowest BCUT2D eigenvalue weighted by molar-refractivity contribution is -0.142. The number of carbonyl (C=O) groups is 2. The third-order valence-electron chi connectivity index (χ3n) is 4.72. The molecule has 2 unspecified atom stereocenters. The highest BCUT2D eigenvalue weighted by atomic mass is 16.4. The highest BCUT2D eigenvalue weighted by Gasteiger charge is 2.43. The Labute approximate surface area is 114 Å². The number of nitrogens with two attached hydrogens (primary N) is 1. The molecule has 0 aromatic rings. The van der Waals surface area contributed by atoms with Crippen molar-refractivity contribution in [2.75, 3.05) is 13.1 Å². The van der Waals surface area contributed by atoms with Crippen molar-refractivity contribution in [1.82, 2.24) is 4.90 Å². The number of aliphatic carboxylic acids is 1. The van der Waals surface area contributed by atoms with E-state index in [0.717, 1.165) is 38.6 Å². The third-order valence-corrected chi connectivity index (χ3v) is 4.72. The largest absolute Gasteiger partial charge is 0.481 e. The maximum absolute atomic E-state index is 12.4. The average molecular weight is 268 g/mol. The topological polar surface area (TPSA) is 83.6 Å². The second-order valence-electron chi connectivity index (χ2n) is 6.24. The summed E-state index contributed by atoms with van der Waals surface area (Å²) < 4.78 is 0. The van der Waals surface area contributed by atoms with Crippen LogP contribution >= 0.6 is 0 Å². The van der Waals surface area contributed by atoms with Crippen molar-refractivity contribution in [1.29, 1.82) is 0 Å². The molecule has 1 saturated carbocycles. The summed E-state index contributed by atoms with van der Waals surface area (Å²) in [6.45, 7) is 3.41. The second-order valence-corrected chi connectivity index (χ2v) is 6.24. The predicted molar refractivity (Wildman–Crippen MR) is 71.5 cm³/mol. The number of likely N-dealkylation sites (tertiary alicyclic amines) is 1. The Morgan fingerprint density at radius 1 is 1.42 bits per heavy atom. The number of carboxylic acid groups (broad SMARTS) is 1. The van der Waals surface area contributed by atoms with E-state index in [1.54, 1.807) is 0 Å². The normalized spacial score (nSPS) is 27.5. The van der Waals surface area contributed by atoms with Crippen molar-refractivity contribution in [3.8, 4) is 0 Å². The Morgan fingerprint density at radius 2 is 2.11 bits per heavy atom. The summed E-state index contributed by atoms with van der Waals surface area (Å²) in [6.07, 6.45) is 4.76. The molecule has 5 nitrogen and oxygen atoms in total. The molecule has 2 aliphatic rings. The number of carboxylic acids is 1. The first-order chi connectivity index (χ1) is 8.92. The Morgan fingerprint density at radius 3 is 2.63 bits per heavy atom. The van der Waals surface area contributed by atoms with Crippen LogP contribution in [0.2, 0.25) is 0 Å². The van der Waals surface area contributed by atoms with Crippen LogP contribution in [-0.2, 0) is 9.59 Å². The maximum atomic E-state index is 12.4. The summed E-state index contributed by atoms with van der Waals surface area (Å²) in [5, 5.41) is 8.87. The molecule has 1 heterocycles. The van der Waals surface area contributed by atoms with E-state index in [0.29, 0.717) is 6.54 Å². The van der Waals surface area contributed by atoms with Gasteiger partial charge in [0.15, 0.2) is 0 Å². The van der Waals surface area contributed by atoms with E-state index in [-0.39, 0.29) is 24.2 Å². The van der Waals surface area contributed by atoms with E-state index in [1.807, 2.05) is 11.8 Å². The van der Waals surface area contributed by atoms with Crippen LogP contribution in [0.4, 0.5) is 0 Å². The number of hydrogen-bond acceptors (Lipinski definition) is 3. The predicted octanol–water partition coefficient (Wildman–Crippen LogP) is 1.22. The van der Waals surface area contributed by atoms with Crippen LogP contribution in [0.25, 0.3) is 0 Å². The first-order valence-corrected chi connectivity index (χ1v) is 7.22. The first-order valence-electron chi connectivity index (χ1n) is 7.22. The van der Waals surface area contributed by atoms with Gasteiger partial charge in [-0.25, -0.2) is 0 Å². The third kappa shape index (κ3) is 3.08. The summed E-state index contributed by atoms with van der Waals surface area (Å²) in [6, 6.07) is 0. The lowest BCUT2D eigenvalue weighted by atomic mass is 9.75. The molecule has 0 aromatic carbocycles. The van der Waals surface area contributed by atoms with Crippen LogP contribution in [0.1, 0.15) is 45.4 Å². The van der Waals surface area contributed by atoms with E-state index in [9.17, 15) is 9.59 Å². The van der Waals surface area contributed by atoms with Crippen LogP contribution in [0, 0.1) is 11.8 Å². The monoisotopic (exact) mass is 268 g/mol. The molecule has 2 atom stereocenters. The molecule has 1 saturated heterocycles. The van der Waals surface area contributed by atoms with Gasteiger partial charge in [-0.05, 0) is 43.9 Å². The quantitative estimate of drug-likeness (QED) is 0.803. The molecule has 0 radical (unpaired) electrons. The van der Waals surface area contributed by atoms with Crippen molar-refractivity contribution in [2.24, 2.45) is 17.6 Å². The molecule has 5 heteroatoms. The van der Waals surface area contributed by atoms with Crippen LogP contribution in [-0.4, -0.2) is 40.5 Å². The standard InChI is InChI=1S/C14H24N2O3/c1-10(8-12(17)18)11-4-2-7-16(9-11)13(19)14(15)5-3-6-14/h10-11H,2-9,15H2,1H3,(H,17,18). The first kappa shape index (κ1) is 14.3. The molecular weight excluding hydrogens is 244 g/mol. The molecule has 0 bridgehead atoms. The van der Waals surface area contributed by atoms with Gasteiger partial charge in [0.05, 0.1) is 5.54 Å². The molecular formula is C14H24N2O3. The van der Waals surface area contributed by atoms with E-state index in [2.05, 4.69) is 0 Å². The van der Waals surface area contributed by atoms with Crippen molar-refractivity contribution >= 4 is 11.9 Å². The van der Waals surface area contributed by atoms with E-state index in [1.165, 1.54) is 0 Å². The number of carbonyl (C=O) groups excluding carboxylic acids is 1. The Hall–Kier alpha value is -1.10. The minimum absolute atomic E-state index is 0.0750. The summed E-state index contributed by atoms with van der Waals surface area (Å²) >= 11 is 0. The van der Waals surface area contributed by atoms with Gasteiger partial charge in [-0.15, -0.1) is 0 Å². The van der Waals surface area contributed by atoms with Gasteiger partial charge in [-0.3, -0.25) is 9.59 Å². The van der Waals surface area contributed by atoms with Crippen molar-refractivity contribution in [3.63, 3.8) is 0 Å². The number of nitrogens with zero attached hydrogens (tertiary/aromatic N) is 1. The fourth-order valence-corrected chi connectivity index (χ4v) is 3.19. The Kier molecular flexibility index (Phi) is 4.13. The van der Waals surface area contributed by atoms with Gasteiger partial charge in [-0.2, -0.15) is 0 Å². The van der Waals surface area contributed by atoms with Crippen molar-refractivity contribution < 1.29 is 14.7 Å². The minimum Gasteiger partial charge on any atom is -0.481 e. The summed E-state index contributed by atoms with van der Waals surface area (Å²) in [4.78, 5) is 25.0. The minimum atomic E-state index is -0.759. The fourth-order valence-electron chi connectivity index (χ4n) is 3.19. The zero-order valence-corrected chi connectivity index (χ0v) is 11.6. The van der Waals surface area contributed by atoms with Gasteiger partial charge in [-0.1, -0.05) is 6.92 Å². The van der Waals surface area contributed by atoms with Gasteiger partial charge in [0.2, 0.25) is 5.91 Å². The molecule has 2 rings (SSSR count). The Balaban J connectivity index is 1.93. The van der Waals surface area contributed by atoms with Crippen molar-refractivity contribution in [2.45, 2.75) is 51.0 Å². The molecule has 1 aliphatic carbocycles.